The average Bonchev–Trinajstić information content (AvgIpc) is 2.90. The zero-order valence-corrected chi connectivity index (χ0v) is 12.7. The number of rotatable bonds is 5. The fourth-order valence-corrected chi connectivity index (χ4v) is 3.79. The molecule has 3 heteroatoms. The third-order valence-electron chi connectivity index (χ3n) is 4.54. The molecule has 0 aliphatic heterocycles. The van der Waals surface area contributed by atoms with E-state index in [1.165, 1.54) is 12.8 Å². The molecule has 0 radical (unpaired) electrons. The van der Waals surface area contributed by atoms with Crippen molar-refractivity contribution in [1.29, 1.82) is 0 Å². The highest BCUT2D eigenvalue weighted by Crippen LogP contribution is 2.44. The minimum absolute atomic E-state index is 0.103. The predicted octanol–water partition coefficient (Wildman–Crippen LogP) is 4.03. The zero-order valence-electron chi connectivity index (χ0n) is 11.9. The van der Waals surface area contributed by atoms with E-state index in [0.29, 0.717) is 5.02 Å². The van der Waals surface area contributed by atoms with Crippen molar-refractivity contribution in [2.75, 3.05) is 13.1 Å². The summed E-state index contributed by atoms with van der Waals surface area (Å²) in [5.74, 6) is 0. The second-order valence-electron chi connectivity index (χ2n) is 5.44. The van der Waals surface area contributed by atoms with Crippen LogP contribution in [0.4, 0.5) is 0 Å². The van der Waals surface area contributed by atoms with Gasteiger partial charge in [0.15, 0.2) is 0 Å². The highest BCUT2D eigenvalue weighted by atomic mass is 35.5. The van der Waals surface area contributed by atoms with Crippen LogP contribution in [0.2, 0.25) is 5.02 Å². The first-order valence-electron chi connectivity index (χ1n) is 7.32. The minimum Gasteiger partial charge on any atom is -0.386 e. The second-order valence-corrected chi connectivity index (χ2v) is 5.88. The number of benzene rings is 1. The Morgan fingerprint density at radius 1 is 1.26 bits per heavy atom. The van der Waals surface area contributed by atoms with Gasteiger partial charge < -0.3 is 5.11 Å². The molecule has 1 aromatic carbocycles. The molecule has 19 heavy (non-hydrogen) atoms. The molecule has 1 fully saturated rings. The number of hydrogen-bond donors (Lipinski definition) is 1. The Morgan fingerprint density at radius 3 is 2.42 bits per heavy atom. The van der Waals surface area contributed by atoms with Crippen molar-refractivity contribution in [2.45, 2.75) is 51.2 Å². The van der Waals surface area contributed by atoms with E-state index in [9.17, 15) is 5.11 Å². The third-order valence-corrected chi connectivity index (χ3v) is 4.77. The number of hydrogen-bond acceptors (Lipinski definition) is 2. The van der Waals surface area contributed by atoms with Crippen molar-refractivity contribution in [3.8, 4) is 0 Å². The summed E-state index contributed by atoms with van der Waals surface area (Å²) >= 11 is 6.06. The lowest BCUT2D eigenvalue weighted by Gasteiger charge is -2.44. The molecule has 2 nitrogen and oxygen atoms in total. The van der Waals surface area contributed by atoms with Crippen molar-refractivity contribution in [3.05, 3.63) is 34.9 Å². The second kappa shape index (κ2) is 6.25. The number of aliphatic hydroxyl groups is 1. The predicted molar refractivity (Wildman–Crippen MR) is 80.5 cm³/mol. The summed E-state index contributed by atoms with van der Waals surface area (Å²) in [6.07, 6.45) is 4.10. The summed E-state index contributed by atoms with van der Waals surface area (Å²) in [4.78, 5) is 2.42. The van der Waals surface area contributed by atoms with E-state index in [0.717, 1.165) is 31.5 Å². The normalized spacial score (nSPS) is 19.8. The SMILES string of the molecule is CCN(CC)C1(C(O)c2cccc(Cl)c2)CCCC1. The van der Waals surface area contributed by atoms with Crippen LogP contribution in [0.3, 0.4) is 0 Å². The first-order valence-corrected chi connectivity index (χ1v) is 7.70. The number of halogens is 1. The largest absolute Gasteiger partial charge is 0.386 e. The molecule has 1 saturated carbocycles. The van der Waals surface area contributed by atoms with E-state index in [4.69, 9.17) is 11.6 Å². The maximum atomic E-state index is 10.9. The molecule has 0 heterocycles. The molecule has 1 aliphatic carbocycles. The van der Waals surface area contributed by atoms with Crippen LogP contribution >= 0.6 is 11.6 Å². The van der Waals surface area contributed by atoms with E-state index in [1.807, 2.05) is 24.3 Å². The number of likely N-dealkylation sites (N-methyl/N-ethyl adjacent to an activating group) is 1. The lowest BCUT2D eigenvalue weighted by atomic mass is 9.84. The van der Waals surface area contributed by atoms with E-state index >= 15 is 0 Å². The number of aliphatic hydroxyl groups excluding tert-OH is 1. The fraction of sp³-hybridized carbons (Fsp3) is 0.625. The van der Waals surface area contributed by atoms with Crippen molar-refractivity contribution < 1.29 is 5.11 Å². The van der Waals surface area contributed by atoms with Crippen LogP contribution in [-0.4, -0.2) is 28.6 Å². The van der Waals surface area contributed by atoms with E-state index in [1.54, 1.807) is 0 Å². The molecule has 1 N–H and O–H groups in total. The Morgan fingerprint density at radius 2 is 1.89 bits per heavy atom. The average molecular weight is 282 g/mol. The van der Waals surface area contributed by atoms with Gasteiger partial charge in [0.25, 0.3) is 0 Å². The van der Waals surface area contributed by atoms with Gasteiger partial charge in [-0.1, -0.05) is 50.4 Å². The molecular weight excluding hydrogens is 258 g/mol. The Hall–Kier alpha value is -0.570. The topological polar surface area (TPSA) is 23.5 Å². The third kappa shape index (κ3) is 2.81. The Labute approximate surface area is 121 Å². The molecular formula is C16H24ClNO. The quantitative estimate of drug-likeness (QED) is 0.881. The highest BCUT2D eigenvalue weighted by Gasteiger charge is 2.44. The molecule has 0 aromatic heterocycles. The van der Waals surface area contributed by atoms with Crippen molar-refractivity contribution in [1.82, 2.24) is 4.90 Å². The lowest BCUT2D eigenvalue weighted by Crippen LogP contribution is -2.51. The monoisotopic (exact) mass is 281 g/mol. The summed E-state index contributed by atoms with van der Waals surface area (Å²) in [6.45, 7) is 6.31. The summed E-state index contributed by atoms with van der Waals surface area (Å²) in [5, 5.41) is 11.6. The summed E-state index contributed by atoms with van der Waals surface area (Å²) in [5.41, 5.74) is 0.843. The van der Waals surface area contributed by atoms with Crippen LogP contribution in [0.15, 0.2) is 24.3 Å². The molecule has 2 rings (SSSR count). The van der Waals surface area contributed by atoms with Crippen molar-refractivity contribution in [2.24, 2.45) is 0 Å². The van der Waals surface area contributed by atoms with Gasteiger partial charge in [-0.05, 0) is 43.6 Å². The minimum atomic E-state index is -0.450. The van der Waals surface area contributed by atoms with Crippen molar-refractivity contribution in [3.63, 3.8) is 0 Å². The van der Waals surface area contributed by atoms with Gasteiger partial charge in [-0.3, -0.25) is 4.90 Å². The van der Waals surface area contributed by atoms with Gasteiger partial charge in [0, 0.05) is 5.02 Å². The first-order chi connectivity index (χ1) is 9.14. The van der Waals surface area contributed by atoms with Gasteiger partial charge in [0.1, 0.15) is 0 Å². The van der Waals surface area contributed by atoms with Gasteiger partial charge in [-0.15, -0.1) is 0 Å². The van der Waals surface area contributed by atoms with Gasteiger partial charge in [-0.2, -0.15) is 0 Å². The van der Waals surface area contributed by atoms with Crippen LogP contribution < -0.4 is 0 Å². The summed E-state index contributed by atoms with van der Waals surface area (Å²) in [6, 6.07) is 7.66. The summed E-state index contributed by atoms with van der Waals surface area (Å²) in [7, 11) is 0. The van der Waals surface area contributed by atoms with Crippen molar-refractivity contribution >= 4 is 11.6 Å². The Kier molecular flexibility index (Phi) is 4.88. The standard InChI is InChI=1S/C16H24ClNO/c1-3-18(4-2)16(10-5-6-11-16)15(19)13-8-7-9-14(17)12-13/h7-9,12,15,19H,3-6,10-11H2,1-2H3. The van der Waals surface area contributed by atoms with E-state index in [-0.39, 0.29) is 5.54 Å². The molecule has 0 spiro atoms. The Bertz CT molecular complexity index is 411. The molecule has 1 aliphatic rings. The van der Waals surface area contributed by atoms with Crippen LogP contribution in [0.1, 0.15) is 51.2 Å². The maximum Gasteiger partial charge on any atom is 0.0974 e. The fourth-order valence-electron chi connectivity index (χ4n) is 3.59. The van der Waals surface area contributed by atoms with Gasteiger partial charge in [0.05, 0.1) is 11.6 Å². The van der Waals surface area contributed by atoms with Gasteiger partial charge in [-0.25, -0.2) is 0 Å². The molecule has 106 valence electrons. The lowest BCUT2D eigenvalue weighted by molar-refractivity contribution is -0.0268. The van der Waals surface area contributed by atoms with E-state index in [2.05, 4.69) is 18.7 Å². The molecule has 1 atom stereocenters. The van der Waals surface area contributed by atoms with Crippen LogP contribution in [-0.2, 0) is 0 Å². The van der Waals surface area contributed by atoms with Gasteiger partial charge >= 0.3 is 0 Å². The highest BCUT2D eigenvalue weighted by molar-refractivity contribution is 6.30. The molecule has 0 bridgehead atoms. The van der Waals surface area contributed by atoms with Crippen LogP contribution in [0.25, 0.3) is 0 Å². The molecule has 1 unspecified atom stereocenters. The van der Waals surface area contributed by atoms with Crippen LogP contribution in [0.5, 0.6) is 0 Å². The Balaban J connectivity index is 2.33. The molecule has 1 aromatic rings. The van der Waals surface area contributed by atoms with Crippen LogP contribution in [0, 0.1) is 0 Å². The number of nitrogens with zero attached hydrogens (tertiary/aromatic N) is 1. The smallest absolute Gasteiger partial charge is 0.0974 e. The maximum absolute atomic E-state index is 10.9. The zero-order chi connectivity index (χ0) is 13.9. The molecule has 0 saturated heterocycles. The van der Waals surface area contributed by atoms with E-state index < -0.39 is 6.10 Å². The van der Waals surface area contributed by atoms with Gasteiger partial charge in [0.2, 0.25) is 0 Å². The first kappa shape index (κ1) is 14.8. The molecule has 0 amide bonds. The summed E-state index contributed by atoms with van der Waals surface area (Å²) < 4.78 is 0.